The number of aromatic nitrogens is 2. The smallest absolute Gasteiger partial charge is 0.224 e. The minimum absolute atomic E-state index is 0.340. The van der Waals surface area contributed by atoms with Crippen LogP contribution in [-0.4, -0.2) is 78.8 Å². The van der Waals surface area contributed by atoms with Crippen LogP contribution in [0, 0.1) is 5.92 Å². The van der Waals surface area contributed by atoms with Crippen LogP contribution in [0.3, 0.4) is 0 Å². The molecule has 2 aromatic rings. The number of thiophene rings is 1. The molecule has 0 unspecified atom stereocenters. The summed E-state index contributed by atoms with van der Waals surface area (Å²) in [5.74, 6) is 1.85. The highest BCUT2D eigenvalue weighted by Crippen LogP contribution is 2.34. The number of anilines is 1. The molecule has 164 valence electrons. The van der Waals surface area contributed by atoms with Crippen LogP contribution in [0.1, 0.15) is 37.0 Å². The van der Waals surface area contributed by atoms with E-state index in [1.54, 1.807) is 0 Å². The monoisotopic (exact) mass is 449 g/mol. The predicted molar refractivity (Wildman–Crippen MR) is 124 cm³/mol. The van der Waals surface area contributed by atoms with Gasteiger partial charge < -0.3 is 14.5 Å². The highest BCUT2D eigenvalue weighted by atomic mass is 35.5. The van der Waals surface area contributed by atoms with E-state index >= 15 is 0 Å². The number of fused-ring (bicyclic) bond motifs is 1. The summed E-state index contributed by atoms with van der Waals surface area (Å²) in [5, 5.41) is 0.340. The van der Waals surface area contributed by atoms with Gasteiger partial charge in [-0.25, -0.2) is 4.98 Å². The zero-order valence-corrected chi connectivity index (χ0v) is 19.3. The van der Waals surface area contributed by atoms with Crippen LogP contribution in [0.4, 0.5) is 5.82 Å². The SMILES string of the molecule is Clc1nc(N2CCOCC2)c2sc(CN3CCC(CN4CCCCC4)CC3)cc2n1. The molecular formula is C22H32ClN5OS. The number of hydrogen-bond acceptors (Lipinski definition) is 7. The Labute approximate surface area is 188 Å². The third kappa shape index (κ3) is 4.91. The predicted octanol–water partition coefficient (Wildman–Crippen LogP) is 3.88. The van der Waals surface area contributed by atoms with Gasteiger partial charge in [0.05, 0.1) is 23.4 Å². The van der Waals surface area contributed by atoms with Crippen molar-refractivity contribution in [1.29, 1.82) is 0 Å². The van der Waals surface area contributed by atoms with Crippen molar-refractivity contribution in [3.05, 3.63) is 16.2 Å². The molecule has 0 bridgehead atoms. The molecule has 0 amide bonds. The molecular weight excluding hydrogens is 418 g/mol. The van der Waals surface area contributed by atoms with Gasteiger partial charge in [-0.05, 0) is 75.4 Å². The first kappa shape index (κ1) is 20.9. The number of morpholine rings is 1. The summed E-state index contributed by atoms with van der Waals surface area (Å²) in [4.78, 5) is 18.0. The van der Waals surface area contributed by atoms with Crippen molar-refractivity contribution < 1.29 is 4.74 Å². The lowest BCUT2D eigenvalue weighted by Gasteiger charge is -2.36. The Bertz CT molecular complexity index is 841. The van der Waals surface area contributed by atoms with E-state index in [-0.39, 0.29) is 0 Å². The first-order valence-electron chi connectivity index (χ1n) is 11.5. The second-order valence-electron chi connectivity index (χ2n) is 8.92. The van der Waals surface area contributed by atoms with Crippen molar-refractivity contribution >= 4 is 39.0 Å². The fourth-order valence-electron chi connectivity index (χ4n) is 5.06. The van der Waals surface area contributed by atoms with Crippen molar-refractivity contribution in [2.24, 2.45) is 5.92 Å². The Kier molecular flexibility index (Phi) is 6.72. The quantitative estimate of drug-likeness (QED) is 0.645. The topological polar surface area (TPSA) is 44.7 Å². The van der Waals surface area contributed by atoms with Gasteiger partial charge >= 0.3 is 0 Å². The van der Waals surface area contributed by atoms with Gasteiger partial charge in [-0.3, -0.25) is 4.90 Å². The van der Waals surface area contributed by atoms with E-state index in [2.05, 4.69) is 30.7 Å². The second kappa shape index (κ2) is 9.65. The lowest BCUT2D eigenvalue weighted by atomic mass is 9.95. The fraction of sp³-hybridized carbons (Fsp3) is 0.727. The van der Waals surface area contributed by atoms with Gasteiger partial charge in [0.1, 0.15) is 0 Å². The molecule has 3 aliphatic heterocycles. The first-order valence-corrected chi connectivity index (χ1v) is 12.7. The number of nitrogens with zero attached hydrogens (tertiary/aromatic N) is 5. The van der Waals surface area contributed by atoms with Crippen LogP contribution in [0.25, 0.3) is 10.2 Å². The zero-order chi connectivity index (χ0) is 20.3. The van der Waals surface area contributed by atoms with Crippen LogP contribution in [0.5, 0.6) is 0 Å². The molecule has 0 saturated carbocycles. The number of ether oxygens (including phenoxy) is 1. The maximum Gasteiger partial charge on any atom is 0.224 e. The van der Waals surface area contributed by atoms with Crippen molar-refractivity contribution in [1.82, 2.24) is 19.8 Å². The Hall–Kier alpha value is -0.990. The first-order chi connectivity index (χ1) is 14.7. The summed E-state index contributed by atoms with van der Waals surface area (Å²) in [7, 11) is 0. The maximum absolute atomic E-state index is 6.25. The summed E-state index contributed by atoms with van der Waals surface area (Å²) >= 11 is 8.08. The summed E-state index contributed by atoms with van der Waals surface area (Å²) < 4.78 is 6.66. The summed E-state index contributed by atoms with van der Waals surface area (Å²) in [6.45, 7) is 10.6. The van der Waals surface area contributed by atoms with E-state index < -0.39 is 0 Å². The number of piperidine rings is 2. The maximum atomic E-state index is 6.25. The van der Waals surface area contributed by atoms with E-state index in [0.717, 1.165) is 54.8 Å². The Morgan fingerprint density at radius 3 is 2.50 bits per heavy atom. The van der Waals surface area contributed by atoms with E-state index in [0.29, 0.717) is 5.28 Å². The van der Waals surface area contributed by atoms with Gasteiger partial charge in [-0.15, -0.1) is 11.3 Å². The molecule has 3 fully saturated rings. The molecule has 3 aliphatic rings. The molecule has 0 spiro atoms. The Morgan fingerprint density at radius 2 is 1.73 bits per heavy atom. The van der Waals surface area contributed by atoms with Crippen molar-refractivity contribution in [2.45, 2.75) is 38.6 Å². The van der Waals surface area contributed by atoms with Gasteiger partial charge in [0.15, 0.2) is 5.82 Å². The highest BCUT2D eigenvalue weighted by molar-refractivity contribution is 7.19. The standard InChI is InChI=1S/C22H32ClN5OS/c23-22-24-19-14-18(30-20(19)21(25-22)28-10-12-29-13-11-28)16-27-8-4-17(5-9-27)15-26-6-2-1-3-7-26/h14,17H,1-13,15-16H2. The number of halogens is 1. The largest absolute Gasteiger partial charge is 0.378 e. The molecule has 0 aliphatic carbocycles. The van der Waals surface area contributed by atoms with Gasteiger partial charge in [-0.1, -0.05) is 6.42 Å². The van der Waals surface area contributed by atoms with Crippen LogP contribution >= 0.6 is 22.9 Å². The molecule has 5 rings (SSSR count). The van der Waals surface area contributed by atoms with Crippen LogP contribution in [0.2, 0.25) is 5.28 Å². The minimum atomic E-state index is 0.340. The lowest BCUT2D eigenvalue weighted by molar-refractivity contribution is 0.122. The average molecular weight is 450 g/mol. The fourth-order valence-corrected chi connectivity index (χ4v) is 6.38. The van der Waals surface area contributed by atoms with Crippen LogP contribution in [0.15, 0.2) is 6.07 Å². The molecule has 5 heterocycles. The molecule has 0 aromatic carbocycles. The molecule has 0 radical (unpaired) electrons. The molecule has 0 atom stereocenters. The summed E-state index contributed by atoms with van der Waals surface area (Å²) in [6.07, 6.45) is 6.86. The molecule has 6 nitrogen and oxygen atoms in total. The van der Waals surface area contributed by atoms with Crippen molar-refractivity contribution in [3.63, 3.8) is 0 Å². The zero-order valence-electron chi connectivity index (χ0n) is 17.7. The summed E-state index contributed by atoms with van der Waals surface area (Å²) in [5.41, 5.74) is 0.983. The molecule has 8 heteroatoms. The second-order valence-corrected chi connectivity index (χ2v) is 10.4. The molecule has 0 N–H and O–H groups in total. The van der Waals surface area contributed by atoms with Gasteiger partial charge in [-0.2, -0.15) is 4.98 Å². The third-order valence-electron chi connectivity index (χ3n) is 6.74. The normalized spacial score (nSPS) is 22.8. The van der Waals surface area contributed by atoms with Crippen LogP contribution in [-0.2, 0) is 11.3 Å². The number of rotatable bonds is 5. The van der Waals surface area contributed by atoms with Gasteiger partial charge in [0.2, 0.25) is 5.28 Å². The van der Waals surface area contributed by atoms with E-state index in [4.69, 9.17) is 16.3 Å². The number of hydrogen-bond donors (Lipinski definition) is 0. The Balaban J connectivity index is 1.22. The van der Waals surface area contributed by atoms with Crippen LogP contribution < -0.4 is 4.90 Å². The number of likely N-dealkylation sites (tertiary alicyclic amines) is 2. The molecule has 30 heavy (non-hydrogen) atoms. The molecule has 2 aromatic heterocycles. The van der Waals surface area contributed by atoms with E-state index in [9.17, 15) is 0 Å². The summed E-state index contributed by atoms with van der Waals surface area (Å²) in [6, 6.07) is 2.22. The minimum Gasteiger partial charge on any atom is -0.378 e. The van der Waals surface area contributed by atoms with Gasteiger partial charge in [0.25, 0.3) is 0 Å². The lowest BCUT2D eigenvalue weighted by Crippen LogP contribution is -2.40. The average Bonchev–Trinajstić information content (AvgIpc) is 3.18. The van der Waals surface area contributed by atoms with E-state index in [1.165, 1.54) is 69.7 Å². The van der Waals surface area contributed by atoms with E-state index in [1.807, 2.05) is 11.3 Å². The third-order valence-corrected chi connectivity index (χ3v) is 8.01. The Morgan fingerprint density at radius 1 is 0.967 bits per heavy atom. The van der Waals surface area contributed by atoms with Gasteiger partial charge in [0, 0.05) is 31.1 Å². The highest BCUT2D eigenvalue weighted by Gasteiger charge is 2.24. The molecule has 3 saturated heterocycles. The van der Waals surface area contributed by atoms with Crippen molar-refractivity contribution in [3.8, 4) is 0 Å². The van der Waals surface area contributed by atoms with Crippen molar-refractivity contribution in [2.75, 3.05) is 63.9 Å².